The maximum Gasteiger partial charge on any atom is 0.410 e. The lowest BCUT2D eigenvalue weighted by molar-refractivity contribution is -0.0427. The molecule has 70 heavy (non-hydrogen) atoms. The first-order chi connectivity index (χ1) is 32.9. The van der Waals surface area contributed by atoms with Gasteiger partial charge in [0.05, 0.1) is 23.7 Å². The third-order valence-corrected chi connectivity index (χ3v) is 13.2. The maximum atomic E-state index is 12.4. The number of benzene rings is 6. The molecule has 4 atom stereocenters. The molecule has 0 spiro atoms. The second-order valence-corrected chi connectivity index (χ2v) is 19.7. The standard InChI is InChI=1S/C18H18BrNO2.C11H13NO2.C10H15NO.C10H11NO.C7H6Br2.B/c1-18(15-7-3-2-4-8-15)10-11-20(17(21)22-18)13-14-6-5-9-16(19)12-14;1-11(7-8-12-10(13)14-11)9-5-3-2-4-6-9;2*1-10(12,7-8-11)9-5-3-2-4-6-9;8-5-6-2-1-3-7(9)4-6;/h2-9,12H,10-11,13H2,1H3;2-6H,7-8H2,1H3,(H,12,13);2-6,12H,7-8,11H2,1H3;2-6,12H,7H2,1H3;1-4H,5H2;. The first-order valence-electron chi connectivity index (χ1n) is 22.7. The Morgan fingerprint density at radius 1 is 0.686 bits per heavy atom. The number of nitrogens with one attached hydrogen (secondary N) is 1. The van der Waals surface area contributed by atoms with E-state index in [1.54, 1.807) is 18.7 Å². The molecule has 2 aliphatic heterocycles. The lowest BCUT2D eigenvalue weighted by Crippen LogP contribution is -2.46. The summed E-state index contributed by atoms with van der Waals surface area (Å²) >= 11 is 10.2. The number of nitrogens with zero attached hydrogens (tertiary/aromatic N) is 2. The van der Waals surface area contributed by atoms with Crippen molar-refractivity contribution in [1.29, 1.82) is 5.26 Å². The Bertz CT molecular complexity index is 2520. The van der Waals surface area contributed by atoms with Crippen LogP contribution in [0.15, 0.2) is 179 Å². The molecule has 0 aromatic heterocycles. The summed E-state index contributed by atoms with van der Waals surface area (Å²) in [7, 11) is 0. The number of aliphatic hydroxyl groups is 2. The summed E-state index contributed by atoms with van der Waals surface area (Å²) in [5, 5.41) is 31.7. The van der Waals surface area contributed by atoms with Crippen LogP contribution in [-0.4, -0.2) is 55.3 Å². The zero-order chi connectivity index (χ0) is 50.3. The van der Waals surface area contributed by atoms with Gasteiger partial charge >= 0.3 is 12.2 Å². The minimum absolute atomic E-state index is 0. The Hall–Kier alpha value is -5.27. The molecule has 14 heteroatoms. The van der Waals surface area contributed by atoms with Crippen molar-refractivity contribution in [1.82, 2.24) is 10.2 Å². The van der Waals surface area contributed by atoms with Crippen LogP contribution in [0, 0.1) is 11.3 Å². The van der Waals surface area contributed by atoms with Gasteiger partial charge in [0.2, 0.25) is 0 Å². The fourth-order valence-electron chi connectivity index (χ4n) is 7.33. The molecule has 2 amide bonds. The van der Waals surface area contributed by atoms with E-state index in [4.69, 9.17) is 20.5 Å². The normalized spacial score (nSPS) is 18.5. The highest BCUT2D eigenvalue weighted by atomic mass is 79.9. The van der Waals surface area contributed by atoms with Crippen molar-refractivity contribution in [3.05, 3.63) is 212 Å². The molecule has 2 fully saturated rings. The molecule has 2 heterocycles. The summed E-state index contributed by atoms with van der Waals surface area (Å²) in [6, 6.07) is 56.8. The minimum atomic E-state index is -1.02. The van der Waals surface area contributed by atoms with Crippen LogP contribution in [0.5, 0.6) is 0 Å². The third kappa shape index (κ3) is 19.2. The molecule has 3 radical (unpaired) electrons. The van der Waals surface area contributed by atoms with Crippen LogP contribution in [0.4, 0.5) is 9.59 Å². The Kier molecular flexibility index (Phi) is 24.6. The van der Waals surface area contributed by atoms with Crippen molar-refractivity contribution in [3.63, 3.8) is 0 Å². The Labute approximate surface area is 441 Å². The van der Waals surface area contributed by atoms with E-state index in [0.717, 1.165) is 54.9 Å². The van der Waals surface area contributed by atoms with Gasteiger partial charge in [0.15, 0.2) is 0 Å². The predicted molar refractivity (Wildman–Crippen MR) is 291 cm³/mol. The first-order valence-corrected chi connectivity index (χ1v) is 25.4. The molecule has 8 rings (SSSR count). The fraction of sp³-hybridized carbons (Fsp3) is 0.304. The zero-order valence-corrected chi connectivity index (χ0v) is 45.0. The largest absolute Gasteiger partial charge is 0.438 e. The quantitative estimate of drug-likeness (QED) is 0.0780. The molecule has 0 saturated carbocycles. The van der Waals surface area contributed by atoms with Gasteiger partial charge in [-0.25, -0.2) is 9.59 Å². The van der Waals surface area contributed by atoms with E-state index in [2.05, 4.69) is 65.2 Å². The second-order valence-electron chi connectivity index (χ2n) is 17.3. The summed E-state index contributed by atoms with van der Waals surface area (Å²) in [4.78, 5) is 25.2. The van der Waals surface area contributed by atoms with Gasteiger partial charge in [0.25, 0.3) is 0 Å². The number of hydrogen-bond donors (Lipinski definition) is 4. The molecule has 4 unspecified atom stereocenters. The Morgan fingerprint density at radius 3 is 1.57 bits per heavy atom. The van der Waals surface area contributed by atoms with Gasteiger partial charge in [-0.15, -0.1) is 0 Å². The lowest BCUT2D eigenvalue weighted by Gasteiger charge is -2.39. The molecule has 0 aliphatic carbocycles. The highest BCUT2D eigenvalue weighted by Gasteiger charge is 2.38. The van der Waals surface area contributed by atoms with Gasteiger partial charge in [-0.1, -0.05) is 193 Å². The van der Waals surface area contributed by atoms with E-state index in [1.807, 2.05) is 178 Å². The van der Waals surface area contributed by atoms with Crippen LogP contribution in [0.2, 0.25) is 0 Å². The zero-order valence-electron chi connectivity index (χ0n) is 40.2. The summed E-state index contributed by atoms with van der Waals surface area (Å²) in [5.74, 6) is 0. The van der Waals surface area contributed by atoms with Gasteiger partial charge in [0, 0.05) is 55.2 Å². The van der Waals surface area contributed by atoms with Crippen LogP contribution in [0.25, 0.3) is 0 Å². The molecule has 367 valence electrons. The number of rotatable bonds is 10. The van der Waals surface area contributed by atoms with Crippen LogP contribution in [0.1, 0.15) is 86.8 Å². The number of nitrogens with two attached hydrogens (primary N) is 1. The number of alkyl halides is 1. The molecular weight excluding hydrogens is 1080 g/mol. The topological polar surface area (TPSA) is 158 Å². The minimum Gasteiger partial charge on any atom is -0.438 e. The number of carbonyl (C=O) groups excluding carboxylic acids is 2. The molecule has 10 nitrogen and oxygen atoms in total. The number of alkyl carbamates (subject to hydrolysis) is 1. The maximum absolute atomic E-state index is 12.4. The van der Waals surface area contributed by atoms with Gasteiger partial charge in [-0.05, 0) is 98.3 Å². The summed E-state index contributed by atoms with van der Waals surface area (Å²) in [6.07, 6.45) is 1.73. The molecule has 6 aromatic carbocycles. The van der Waals surface area contributed by atoms with Crippen molar-refractivity contribution < 1.29 is 29.3 Å². The van der Waals surface area contributed by atoms with Crippen molar-refractivity contribution >= 4 is 68.4 Å². The number of nitriles is 1. The van der Waals surface area contributed by atoms with Crippen LogP contribution in [-0.2, 0) is 43.8 Å². The second kappa shape index (κ2) is 29.2. The highest BCUT2D eigenvalue weighted by Crippen LogP contribution is 2.34. The van der Waals surface area contributed by atoms with E-state index >= 15 is 0 Å². The monoisotopic (exact) mass is 1140 g/mol. The smallest absolute Gasteiger partial charge is 0.410 e. The molecular formula is C56H63BBr3N4O6. The summed E-state index contributed by atoms with van der Waals surface area (Å²) in [6.45, 7) is 9.80. The van der Waals surface area contributed by atoms with Crippen molar-refractivity contribution in [2.75, 3.05) is 19.6 Å². The number of hydrogen-bond acceptors (Lipinski definition) is 8. The lowest BCUT2D eigenvalue weighted by atomic mass is 9.91. The number of amides is 2. The molecule has 2 saturated heterocycles. The Balaban J connectivity index is 0.000000239. The van der Waals surface area contributed by atoms with Crippen molar-refractivity contribution in [2.45, 2.75) is 87.7 Å². The fourth-order valence-corrected chi connectivity index (χ4v) is 8.57. The van der Waals surface area contributed by atoms with Crippen LogP contribution < -0.4 is 11.1 Å². The Morgan fingerprint density at radius 2 is 1.14 bits per heavy atom. The number of cyclic esters (lactones) is 2. The van der Waals surface area contributed by atoms with E-state index in [9.17, 15) is 19.8 Å². The molecule has 2 aliphatic rings. The van der Waals surface area contributed by atoms with E-state index in [1.165, 1.54) is 5.56 Å². The number of ether oxygens (including phenoxy) is 2. The van der Waals surface area contributed by atoms with E-state index < -0.39 is 22.4 Å². The van der Waals surface area contributed by atoms with Gasteiger partial charge in [-0.3, -0.25) is 0 Å². The van der Waals surface area contributed by atoms with Crippen LogP contribution >= 0.6 is 47.8 Å². The number of halogens is 3. The average Bonchev–Trinajstić information content (AvgIpc) is 3.34. The SMILES string of the molecule is BrCc1cccc(Br)c1.CC(O)(CC#N)c1ccccc1.CC(O)(CCN)c1ccccc1.CC1(c2ccccc2)CCN(Cc2cccc(Br)c2)C(=O)O1.CC1(c2ccccc2)CCNC(=O)O1.[B]. The molecule has 5 N–H and O–H groups in total. The molecule has 0 bridgehead atoms. The number of carbonyl (C=O) groups is 2. The van der Waals surface area contributed by atoms with E-state index in [0.29, 0.717) is 32.6 Å². The van der Waals surface area contributed by atoms with Crippen molar-refractivity contribution in [3.8, 4) is 6.07 Å². The van der Waals surface area contributed by atoms with Crippen LogP contribution in [0.3, 0.4) is 0 Å². The average molecular weight is 1140 g/mol. The third-order valence-electron chi connectivity index (χ3n) is 11.5. The summed E-state index contributed by atoms with van der Waals surface area (Å²) in [5.41, 5.74) is 8.78. The molecule has 6 aromatic rings. The van der Waals surface area contributed by atoms with E-state index in [-0.39, 0.29) is 27.0 Å². The van der Waals surface area contributed by atoms with Crippen molar-refractivity contribution in [2.24, 2.45) is 5.73 Å². The highest BCUT2D eigenvalue weighted by molar-refractivity contribution is 9.10. The predicted octanol–water partition coefficient (Wildman–Crippen LogP) is 12.8. The van der Waals surface area contributed by atoms with Gasteiger partial charge < -0.3 is 35.6 Å². The first kappa shape index (κ1) is 59.0. The van der Waals surface area contributed by atoms with Gasteiger partial charge in [0.1, 0.15) is 11.2 Å². The van der Waals surface area contributed by atoms with Gasteiger partial charge in [-0.2, -0.15) is 5.26 Å². The summed E-state index contributed by atoms with van der Waals surface area (Å²) < 4.78 is 13.2.